The van der Waals surface area contributed by atoms with Crippen LogP contribution in [0, 0.1) is 0 Å². The third-order valence-corrected chi connectivity index (χ3v) is 3.84. The number of rotatable bonds is 2. The summed E-state index contributed by atoms with van der Waals surface area (Å²) < 4.78 is 1.54. The number of imidazole rings is 1. The maximum absolute atomic E-state index is 11.2. The highest BCUT2D eigenvalue weighted by atomic mass is 35.5. The Morgan fingerprint density at radius 1 is 1.22 bits per heavy atom. The highest BCUT2D eigenvalue weighted by Gasteiger charge is 2.22. The molecule has 0 bridgehead atoms. The molecule has 2 aromatic heterocycles. The van der Waals surface area contributed by atoms with E-state index in [0.29, 0.717) is 10.7 Å². The molecular weight excluding hydrogens is 314 g/mol. The Kier molecular flexibility index (Phi) is 3.60. The van der Waals surface area contributed by atoms with Gasteiger partial charge in [-0.1, -0.05) is 44.5 Å². The number of hydrogen-bond acceptors (Lipinski definition) is 3. The molecule has 0 aliphatic rings. The van der Waals surface area contributed by atoms with Gasteiger partial charge in [-0.3, -0.25) is 0 Å². The minimum atomic E-state index is -1.07. The van der Waals surface area contributed by atoms with Gasteiger partial charge >= 0.3 is 5.97 Å². The van der Waals surface area contributed by atoms with Crippen molar-refractivity contribution in [3.63, 3.8) is 0 Å². The normalized spacial score (nSPS) is 11.8. The van der Waals surface area contributed by atoms with Crippen LogP contribution in [0.5, 0.6) is 0 Å². The number of aromatic carboxylic acids is 1. The lowest BCUT2D eigenvalue weighted by Gasteiger charge is -2.20. The Morgan fingerprint density at radius 3 is 2.43 bits per heavy atom. The van der Waals surface area contributed by atoms with Crippen LogP contribution in [0.4, 0.5) is 0 Å². The Balaban J connectivity index is 2.28. The first-order chi connectivity index (χ1) is 10.8. The van der Waals surface area contributed by atoms with Gasteiger partial charge in [0.15, 0.2) is 11.3 Å². The molecule has 0 saturated heterocycles. The van der Waals surface area contributed by atoms with Crippen molar-refractivity contribution in [1.29, 1.82) is 0 Å². The summed E-state index contributed by atoms with van der Waals surface area (Å²) in [5.41, 5.74) is 2.93. The molecule has 0 radical (unpaired) electrons. The van der Waals surface area contributed by atoms with Crippen molar-refractivity contribution in [3.8, 4) is 11.3 Å². The number of benzene rings is 1. The molecule has 0 spiro atoms. The molecule has 0 unspecified atom stereocenters. The van der Waals surface area contributed by atoms with Gasteiger partial charge in [0.2, 0.25) is 0 Å². The van der Waals surface area contributed by atoms with E-state index in [0.717, 1.165) is 16.8 Å². The lowest BCUT2D eigenvalue weighted by Crippen LogP contribution is -2.14. The molecule has 0 aliphatic carbocycles. The number of aromatic nitrogens is 3. The molecule has 0 fully saturated rings. The highest BCUT2D eigenvalue weighted by molar-refractivity contribution is 6.30. The molecule has 6 heteroatoms. The zero-order valence-electron chi connectivity index (χ0n) is 13.0. The van der Waals surface area contributed by atoms with Gasteiger partial charge < -0.3 is 5.11 Å². The molecular formula is C17H16ClN3O2. The van der Waals surface area contributed by atoms with Crippen LogP contribution in [0.25, 0.3) is 16.9 Å². The van der Waals surface area contributed by atoms with Gasteiger partial charge in [0.05, 0.1) is 11.9 Å². The second kappa shape index (κ2) is 5.35. The molecule has 118 valence electrons. The standard InChI is InChI=1S/C17H16ClN3O2/c1-17(2,3)12-8-13(10-4-6-11(18)7-5-10)20-21-9-14(16(22)23)19-15(12)21/h4-9H,1-3H3,(H,22,23). The van der Waals surface area contributed by atoms with Crippen LogP contribution in [-0.4, -0.2) is 25.7 Å². The molecule has 3 rings (SSSR count). The van der Waals surface area contributed by atoms with Crippen LogP contribution in [0.3, 0.4) is 0 Å². The zero-order valence-corrected chi connectivity index (χ0v) is 13.8. The van der Waals surface area contributed by atoms with Crippen molar-refractivity contribution in [2.75, 3.05) is 0 Å². The molecule has 2 heterocycles. The summed E-state index contributed by atoms with van der Waals surface area (Å²) in [5, 5.41) is 14.3. The summed E-state index contributed by atoms with van der Waals surface area (Å²) in [6.45, 7) is 6.18. The van der Waals surface area contributed by atoms with Crippen LogP contribution >= 0.6 is 11.6 Å². The van der Waals surface area contributed by atoms with Crippen molar-refractivity contribution in [2.45, 2.75) is 26.2 Å². The first-order valence-electron chi connectivity index (χ1n) is 7.16. The van der Waals surface area contributed by atoms with Crippen LogP contribution in [-0.2, 0) is 5.41 Å². The molecule has 0 amide bonds. The van der Waals surface area contributed by atoms with E-state index in [1.165, 1.54) is 10.7 Å². The Labute approximate surface area is 138 Å². The molecule has 1 aromatic carbocycles. The van der Waals surface area contributed by atoms with E-state index >= 15 is 0 Å². The Bertz CT molecular complexity index is 893. The number of carboxylic acids is 1. The summed E-state index contributed by atoms with van der Waals surface area (Å²) in [6.07, 6.45) is 1.44. The quantitative estimate of drug-likeness (QED) is 0.770. The minimum absolute atomic E-state index is 0.0174. The predicted molar refractivity (Wildman–Crippen MR) is 89.1 cm³/mol. The fourth-order valence-electron chi connectivity index (χ4n) is 2.39. The van der Waals surface area contributed by atoms with Gasteiger partial charge in [-0.05, 0) is 23.6 Å². The maximum Gasteiger partial charge on any atom is 0.356 e. The molecule has 3 aromatic rings. The predicted octanol–water partition coefficient (Wildman–Crippen LogP) is 4.05. The van der Waals surface area contributed by atoms with E-state index in [2.05, 4.69) is 30.9 Å². The van der Waals surface area contributed by atoms with Gasteiger partial charge in [-0.15, -0.1) is 0 Å². The van der Waals surface area contributed by atoms with Gasteiger partial charge in [-0.2, -0.15) is 5.10 Å². The average Bonchev–Trinajstić information content (AvgIpc) is 2.90. The number of nitrogens with zero attached hydrogens (tertiary/aromatic N) is 3. The number of hydrogen-bond donors (Lipinski definition) is 1. The van der Waals surface area contributed by atoms with Crippen molar-refractivity contribution in [2.24, 2.45) is 0 Å². The van der Waals surface area contributed by atoms with Crippen LogP contribution in [0.2, 0.25) is 5.02 Å². The number of carbonyl (C=O) groups is 1. The lowest BCUT2D eigenvalue weighted by molar-refractivity contribution is 0.0691. The molecule has 0 saturated carbocycles. The van der Waals surface area contributed by atoms with E-state index in [-0.39, 0.29) is 11.1 Å². The van der Waals surface area contributed by atoms with E-state index in [1.54, 1.807) is 12.1 Å². The first kappa shape index (κ1) is 15.5. The minimum Gasteiger partial charge on any atom is -0.476 e. The number of carboxylic acid groups (broad SMARTS) is 1. The average molecular weight is 330 g/mol. The van der Waals surface area contributed by atoms with E-state index in [4.69, 9.17) is 11.6 Å². The smallest absolute Gasteiger partial charge is 0.356 e. The Hall–Kier alpha value is -2.40. The molecule has 23 heavy (non-hydrogen) atoms. The van der Waals surface area contributed by atoms with E-state index < -0.39 is 5.97 Å². The molecule has 0 aliphatic heterocycles. The summed E-state index contributed by atoms with van der Waals surface area (Å²) >= 11 is 5.94. The van der Waals surface area contributed by atoms with Gasteiger partial charge in [0.25, 0.3) is 0 Å². The van der Waals surface area contributed by atoms with Gasteiger partial charge in [-0.25, -0.2) is 14.3 Å². The second-order valence-corrected chi connectivity index (χ2v) is 6.84. The summed E-state index contributed by atoms with van der Waals surface area (Å²) in [4.78, 5) is 15.4. The molecule has 5 nitrogen and oxygen atoms in total. The molecule has 0 atom stereocenters. The molecule has 1 N–H and O–H groups in total. The van der Waals surface area contributed by atoms with Crippen LogP contribution in [0.15, 0.2) is 36.5 Å². The summed E-state index contributed by atoms with van der Waals surface area (Å²) in [5.74, 6) is -1.07. The lowest BCUT2D eigenvalue weighted by atomic mass is 9.87. The number of halogens is 1. The van der Waals surface area contributed by atoms with Crippen molar-refractivity contribution >= 4 is 23.2 Å². The van der Waals surface area contributed by atoms with Crippen molar-refractivity contribution in [3.05, 3.63) is 52.8 Å². The van der Waals surface area contributed by atoms with Crippen molar-refractivity contribution in [1.82, 2.24) is 14.6 Å². The van der Waals surface area contributed by atoms with Crippen LogP contribution < -0.4 is 0 Å². The topological polar surface area (TPSA) is 67.5 Å². The second-order valence-electron chi connectivity index (χ2n) is 6.40. The monoisotopic (exact) mass is 329 g/mol. The fourth-order valence-corrected chi connectivity index (χ4v) is 2.52. The summed E-state index contributed by atoms with van der Waals surface area (Å²) in [7, 11) is 0. The van der Waals surface area contributed by atoms with Gasteiger partial charge in [0, 0.05) is 16.1 Å². The van der Waals surface area contributed by atoms with Crippen molar-refractivity contribution < 1.29 is 9.90 Å². The third-order valence-electron chi connectivity index (χ3n) is 3.59. The first-order valence-corrected chi connectivity index (χ1v) is 7.53. The maximum atomic E-state index is 11.2. The third kappa shape index (κ3) is 2.92. The zero-order chi connectivity index (χ0) is 16.8. The highest BCUT2D eigenvalue weighted by Crippen LogP contribution is 2.30. The largest absolute Gasteiger partial charge is 0.476 e. The number of fused-ring (bicyclic) bond motifs is 1. The summed E-state index contributed by atoms with van der Waals surface area (Å²) in [6, 6.07) is 9.33. The van der Waals surface area contributed by atoms with Crippen LogP contribution in [0.1, 0.15) is 36.8 Å². The van der Waals surface area contributed by atoms with Gasteiger partial charge in [0.1, 0.15) is 0 Å². The van der Waals surface area contributed by atoms with E-state index in [9.17, 15) is 9.90 Å². The van der Waals surface area contributed by atoms with E-state index in [1.807, 2.05) is 18.2 Å². The Morgan fingerprint density at radius 2 is 1.87 bits per heavy atom. The fraction of sp³-hybridized carbons (Fsp3) is 0.235. The SMILES string of the molecule is CC(C)(C)c1cc(-c2ccc(Cl)cc2)nn2cc(C(=O)O)nc12.